The van der Waals surface area contributed by atoms with Crippen molar-refractivity contribution in [3.8, 4) is 22.3 Å². The van der Waals surface area contributed by atoms with Crippen LogP contribution in [0.5, 0.6) is 0 Å². The maximum absolute atomic E-state index is 11.7. The van der Waals surface area contributed by atoms with Gasteiger partial charge in [0.05, 0.1) is 12.8 Å². The minimum Gasteiger partial charge on any atom is -0.300 e. The van der Waals surface area contributed by atoms with E-state index in [-0.39, 0.29) is 53.0 Å². The number of carbonyl (C=O) groups excluding carboxylic acids is 4. The van der Waals surface area contributed by atoms with Crippen LogP contribution in [-0.2, 0) is 26.7 Å². The second kappa shape index (κ2) is 14.9. The Labute approximate surface area is 240 Å². The van der Waals surface area contributed by atoms with Gasteiger partial charge in [0, 0.05) is 28.2 Å². The summed E-state index contributed by atoms with van der Waals surface area (Å²) in [7, 11) is 0. The van der Waals surface area contributed by atoms with E-state index in [2.05, 4.69) is 48.5 Å². The molecule has 4 aromatic carbocycles. The molecular formula is C34H32CuO4. The van der Waals surface area contributed by atoms with E-state index in [9.17, 15) is 19.2 Å². The van der Waals surface area contributed by atoms with Crippen molar-refractivity contribution < 1.29 is 36.2 Å². The molecule has 0 amide bonds. The number of benzene rings is 4. The van der Waals surface area contributed by atoms with E-state index in [4.69, 9.17) is 0 Å². The first-order valence-corrected chi connectivity index (χ1v) is 12.5. The van der Waals surface area contributed by atoms with Crippen LogP contribution >= 0.6 is 0 Å². The van der Waals surface area contributed by atoms with Crippen molar-refractivity contribution in [1.29, 1.82) is 0 Å². The fourth-order valence-electron chi connectivity index (χ4n) is 3.85. The number of carbonyl (C=O) groups is 4. The topological polar surface area (TPSA) is 68.3 Å². The molecule has 39 heavy (non-hydrogen) atoms. The van der Waals surface area contributed by atoms with Crippen molar-refractivity contribution in [2.45, 2.75) is 40.5 Å². The average Bonchev–Trinajstić information content (AvgIpc) is 2.89. The van der Waals surface area contributed by atoms with Crippen LogP contribution in [0.1, 0.15) is 58.5 Å². The third-order valence-corrected chi connectivity index (χ3v) is 6.00. The number of hydrogen-bond donors (Lipinski definition) is 0. The second-order valence-corrected chi connectivity index (χ2v) is 9.49. The third kappa shape index (κ3) is 9.72. The molecule has 4 aromatic rings. The molecule has 0 fully saturated rings. The summed E-state index contributed by atoms with van der Waals surface area (Å²) in [6.07, 6.45) is -0.0479. The minimum absolute atomic E-state index is 0. The van der Waals surface area contributed by atoms with E-state index < -0.39 is 0 Å². The van der Waals surface area contributed by atoms with E-state index >= 15 is 0 Å². The maximum Gasteiger partial charge on any atom is 0.170 e. The third-order valence-electron chi connectivity index (χ3n) is 6.00. The second-order valence-electron chi connectivity index (χ2n) is 9.49. The van der Waals surface area contributed by atoms with Crippen LogP contribution in [0.15, 0.2) is 97.1 Å². The number of hydrogen-bond acceptors (Lipinski definition) is 4. The Balaban J connectivity index is 0.000000267. The van der Waals surface area contributed by atoms with Gasteiger partial charge in [0.25, 0.3) is 0 Å². The molecule has 0 saturated heterocycles. The van der Waals surface area contributed by atoms with Crippen LogP contribution in [0.25, 0.3) is 22.3 Å². The van der Waals surface area contributed by atoms with Crippen LogP contribution in [0.3, 0.4) is 0 Å². The molecule has 4 rings (SSSR count). The molecule has 0 aliphatic heterocycles. The SMILES string of the molecule is CC(=O)CC(=O)c1ccc(-c2ccc(C)cc2)cc1.CC(=O)CC(=O)c1ccc(-c2ccc(C)cc2)cc1.[Cu]. The summed E-state index contributed by atoms with van der Waals surface area (Å²) in [5.41, 5.74) is 8.00. The first-order valence-electron chi connectivity index (χ1n) is 12.5. The molecule has 0 aromatic heterocycles. The Hall–Kier alpha value is -3.92. The fourth-order valence-corrected chi connectivity index (χ4v) is 3.85. The quantitative estimate of drug-likeness (QED) is 0.125. The van der Waals surface area contributed by atoms with Crippen molar-refractivity contribution in [3.05, 3.63) is 119 Å². The maximum atomic E-state index is 11.7. The van der Waals surface area contributed by atoms with Gasteiger partial charge < -0.3 is 0 Å². The first-order chi connectivity index (χ1) is 18.1. The van der Waals surface area contributed by atoms with Gasteiger partial charge in [-0.15, -0.1) is 0 Å². The first kappa shape index (κ1) is 31.3. The molecule has 0 heterocycles. The van der Waals surface area contributed by atoms with Crippen molar-refractivity contribution in [1.82, 2.24) is 0 Å². The Kier molecular flexibility index (Phi) is 11.9. The molecule has 0 spiro atoms. The van der Waals surface area contributed by atoms with Crippen LogP contribution in [-0.4, -0.2) is 23.1 Å². The molecule has 0 aliphatic rings. The monoisotopic (exact) mass is 567 g/mol. The van der Waals surface area contributed by atoms with Crippen LogP contribution in [0, 0.1) is 13.8 Å². The van der Waals surface area contributed by atoms with Crippen molar-refractivity contribution in [2.24, 2.45) is 0 Å². The molecule has 0 bridgehead atoms. The van der Waals surface area contributed by atoms with Crippen LogP contribution < -0.4 is 0 Å². The van der Waals surface area contributed by atoms with Crippen molar-refractivity contribution in [3.63, 3.8) is 0 Å². The summed E-state index contributed by atoms with van der Waals surface area (Å²) < 4.78 is 0. The van der Waals surface area contributed by atoms with E-state index in [0.717, 1.165) is 22.3 Å². The van der Waals surface area contributed by atoms with Gasteiger partial charge in [0.2, 0.25) is 0 Å². The van der Waals surface area contributed by atoms with E-state index in [0.29, 0.717) is 11.1 Å². The van der Waals surface area contributed by atoms with Crippen LogP contribution in [0.2, 0.25) is 0 Å². The van der Waals surface area contributed by atoms with Gasteiger partial charge in [-0.3, -0.25) is 19.2 Å². The van der Waals surface area contributed by atoms with Crippen molar-refractivity contribution >= 4 is 23.1 Å². The molecule has 0 aliphatic carbocycles. The van der Waals surface area contributed by atoms with Gasteiger partial charge >= 0.3 is 0 Å². The molecule has 1 radical (unpaired) electrons. The molecule has 0 N–H and O–H groups in total. The predicted molar refractivity (Wildman–Crippen MR) is 152 cm³/mol. The Morgan fingerprint density at radius 1 is 0.436 bits per heavy atom. The van der Waals surface area contributed by atoms with Gasteiger partial charge in [-0.25, -0.2) is 0 Å². The fraction of sp³-hybridized carbons (Fsp3) is 0.176. The Morgan fingerprint density at radius 3 is 0.897 bits per heavy atom. The Morgan fingerprint density at radius 2 is 0.667 bits per heavy atom. The molecule has 5 heteroatoms. The molecule has 203 valence electrons. The molecule has 0 saturated carbocycles. The van der Waals surface area contributed by atoms with Gasteiger partial charge in [0.1, 0.15) is 11.6 Å². The molecule has 4 nitrogen and oxygen atoms in total. The average molecular weight is 568 g/mol. The zero-order valence-electron chi connectivity index (χ0n) is 22.6. The summed E-state index contributed by atoms with van der Waals surface area (Å²) in [5.74, 6) is -0.453. The summed E-state index contributed by atoms with van der Waals surface area (Å²) in [6, 6.07) is 31.2. The molecule has 0 unspecified atom stereocenters. The number of rotatable bonds is 8. The zero-order chi connectivity index (χ0) is 27.7. The van der Waals surface area contributed by atoms with E-state index in [1.807, 2.05) is 38.1 Å². The zero-order valence-corrected chi connectivity index (χ0v) is 23.5. The van der Waals surface area contributed by atoms with E-state index in [1.54, 1.807) is 24.3 Å². The predicted octanol–water partition coefficient (Wildman–Crippen LogP) is 7.65. The van der Waals surface area contributed by atoms with Crippen molar-refractivity contribution in [2.75, 3.05) is 0 Å². The van der Waals surface area contributed by atoms with Gasteiger partial charge in [-0.1, -0.05) is 108 Å². The normalized spacial score (nSPS) is 9.95. The van der Waals surface area contributed by atoms with Gasteiger partial charge in [0.15, 0.2) is 11.6 Å². The largest absolute Gasteiger partial charge is 0.300 e. The summed E-state index contributed by atoms with van der Waals surface area (Å²) in [4.78, 5) is 45.3. The van der Waals surface area contributed by atoms with E-state index in [1.165, 1.54) is 25.0 Å². The number of Topliss-reactive ketones (excluding diaryl/α,β-unsaturated/α-hetero) is 4. The number of ketones is 4. The van der Waals surface area contributed by atoms with Crippen LogP contribution in [0.4, 0.5) is 0 Å². The standard InChI is InChI=1S/2C17H16O2.Cu/c2*1-12-3-5-14(6-4-12)15-7-9-16(10-8-15)17(19)11-13(2)18;/h2*3-10H,11H2,1-2H3;. The van der Waals surface area contributed by atoms with Gasteiger partial charge in [-0.2, -0.15) is 0 Å². The minimum atomic E-state index is -0.122. The summed E-state index contributed by atoms with van der Waals surface area (Å²) >= 11 is 0. The molecular weight excluding hydrogens is 536 g/mol. The van der Waals surface area contributed by atoms with Gasteiger partial charge in [-0.05, 0) is 49.9 Å². The Bertz CT molecular complexity index is 1300. The summed E-state index contributed by atoms with van der Waals surface area (Å²) in [5, 5.41) is 0. The number of aryl methyl sites for hydroxylation is 2. The molecule has 0 atom stereocenters. The smallest absolute Gasteiger partial charge is 0.170 e. The summed E-state index contributed by atoms with van der Waals surface area (Å²) in [6.45, 7) is 6.96.